The smallest absolute Gasteiger partial charge is 0.198 e. The molecule has 24 aromatic rings. The van der Waals surface area contributed by atoms with Crippen LogP contribution in [0.15, 0.2) is 502 Å². The molecular formula is C139H91N3O7. The lowest BCUT2D eigenvalue weighted by atomic mass is 9.84. The van der Waals surface area contributed by atoms with Gasteiger partial charge >= 0.3 is 0 Å². The van der Waals surface area contributed by atoms with Crippen LogP contribution in [-0.4, -0.2) is 34.7 Å². The monoisotopic (exact) mass is 1910 g/mol. The number of Topliss-reactive ketones (excluding diaryl/α,β-unsaturated/α-hetero) is 6. The molecule has 0 spiro atoms. The third kappa shape index (κ3) is 17.0. The number of aryl methyl sites for hydroxylation is 2. The number of carbonyl (C=O) groups is 6. The molecule has 3 aliphatic carbocycles. The van der Waals surface area contributed by atoms with E-state index in [2.05, 4.69) is 308 Å². The summed E-state index contributed by atoms with van der Waals surface area (Å²) in [6.45, 7) is 4.58. The Morgan fingerprint density at radius 1 is 0.201 bits per heavy atom. The molecule has 0 unspecified atom stereocenters. The highest BCUT2D eigenvalue weighted by atomic mass is 16.5. The molecule has 0 bridgehead atoms. The lowest BCUT2D eigenvalue weighted by Crippen LogP contribution is -2.10. The van der Waals surface area contributed by atoms with Gasteiger partial charge in [0.1, 0.15) is 12.4 Å². The van der Waals surface area contributed by atoms with E-state index in [1.165, 1.54) is 38.1 Å². The van der Waals surface area contributed by atoms with Gasteiger partial charge in [-0.05, 0) is 309 Å². The summed E-state index contributed by atoms with van der Waals surface area (Å²) in [5, 5.41) is 19.3. The molecule has 0 aliphatic heterocycles. The second-order valence-electron chi connectivity index (χ2n) is 38.4. The topological polar surface area (TPSA) is 121 Å². The van der Waals surface area contributed by atoms with Crippen LogP contribution in [0.5, 0.6) is 5.75 Å². The van der Waals surface area contributed by atoms with E-state index in [1.54, 1.807) is 42.5 Å². The maximum atomic E-state index is 14.7. The van der Waals surface area contributed by atoms with E-state index >= 15 is 0 Å². The van der Waals surface area contributed by atoms with Crippen molar-refractivity contribution in [1.29, 1.82) is 0 Å². The number of ketones is 6. The molecule has 0 heterocycles. The van der Waals surface area contributed by atoms with Crippen molar-refractivity contribution in [2.45, 2.75) is 20.5 Å². The minimum Gasteiger partial charge on any atom is -0.488 e. The van der Waals surface area contributed by atoms with Crippen LogP contribution < -0.4 is 19.4 Å². The van der Waals surface area contributed by atoms with Crippen LogP contribution in [0.3, 0.4) is 0 Å². The summed E-state index contributed by atoms with van der Waals surface area (Å²) in [6.07, 6.45) is 5.24. The number of hydrogen-bond donors (Lipinski definition) is 0. The zero-order chi connectivity index (χ0) is 100. The molecule has 704 valence electrons. The van der Waals surface area contributed by atoms with Crippen molar-refractivity contribution in [1.82, 2.24) is 0 Å². The fraction of sp³-hybridized carbons (Fsp3) is 0.0216. The Bertz CT molecular complexity index is 9410. The van der Waals surface area contributed by atoms with Crippen molar-refractivity contribution in [2.75, 3.05) is 14.7 Å². The predicted molar refractivity (Wildman–Crippen MR) is 612 cm³/mol. The molecule has 0 radical (unpaired) electrons. The minimum atomic E-state index is -0.253. The number of rotatable bonds is 17. The predicted octanol–water partition coefficient (Wildman–Crippen LogP) is 35.2. The number of para-hydroxylation sites is 2. The van der Waals surface area contributed by atoms with Crippen molar-refractivity contribution in [3.63, 3.8) is 0 Å². The third-order valence-electron chi connectivity index (χ3n) is 28.9. The van der Waals surface area contributed by atoms with Crippen molar-refractivity contribution >= 4 is 201 Å². The zero-order valence-electron chi connectivity index (χ0n) is 81.3. The second kappa shape index (κ2) is 38.2. The number of benzene rings is 24. The van der Waals surface area contributed by atoms with Crippen LogP contribution >= 0.6 is 0 Å². The SMILES string of the molecule is Cc1ccc(N(c2ccc(C)cc2)c2cc3ccc4cc(C=C5C(=O)c6ccccc6C5=O)cc5ccc(c2)c3c45)cc1.O=C1C(=Cc2cc(OCc3ccccc3)c3cc(N(c4ccccc4)c4ccc5ccccc5c4)ccc3c2)C(=O)c2cc3ccccc3cc21.O=C1C(=Cc2ccc3cc(N(c4ccccc4)c4ccc5ccccc5c4)ccc3c2)C(=O)c2c1c(-c1ccccc1)c1ccccc1c2-c1ccccc1. The van der Waals surface area contributed by atoms with E-state index in [0.29, 0.717) is 45.7 Å². The van der Waals surface area contributed by atoms with Crippen molar-refractivity contribution < 1.29 is 33.5 Å². The van der Waals surface area contributed by atoms with Crippen LogP contribution in [0.2, 0.25) is 0 Å². The van der Waals surface area contributed by atoms with Gasteiger partial charge in [0.2, 0.25) is 0 Å². The second-order valence-corrected chi connectivity index (χ2v) is 38.4. The van der Waals surface area contributed by atoms with Gasteiger partial charge in [0, 0.05) is 101 Å². The zero-order valence-corrected chi connectivity index (χ0v) is 81.3. The lowest BCUT2D eigenvalue weighted by Gasteiger charge is -2.27. The van der Waals surface area contributed by atoms with E-state index in [-0.39, 0.29) is 51.4 Å². The molecule has 0 atom stereocenters. The molecule has 0 N–H and O–H groups in total. The number of fused-ring (bicyclic) bond motifs is 9. The number of anilines is 9. The minimum absolute atomic E-state index is 0.164. The quantitative estimate of drug-likeness (QED) is 0.0495. The molecule has 0 saturated carbocycles. The summed E-state index contributed by atoms with van der Waals surface area (Å²) in [4.78, 5) is 89.6. The Labute approximate surface area is 860 Å². The summed E-state index contributed by atoms with van der Waals surface area (Å²) in [5.41, 5.74) is 22.2. The molecule has 27 rings (SSSR count). The molecule has 10 heteroatoms. The average molecular weight is 1920 g/mol. The Morgan fingerprint density at radius 2 is 0.497 bits per heavy atom. The van der Waals surface area contributed by atoms with Gasteiger partial charge < -0.3 is 19.4 Å². The molecular weight excluding hydrogens is 1820 g/mol. The highest BCUT2D eigenvalue weighted by Crippen LogP contribution is 2.51. The highest BCUT2D eigenvalue weighted by molar-refractivity contribution is 6.47. The van der Waals surface area contributed by atoms with E-state index in [9.17, 15) is 28.8 Å². The summed E-state index contributed by atoms with van der Waals surface area (Å²) >= 11 is 0. The number of ether oxygens (including phenoxy) is 1. The van der Waals surface area contributed by atoms with E-state index in [4.69, 9.17) is 4.74 Å². The Kier molecular flexibility index (Phi) is 23.2. The van der Waals surface area contributed by atoms with Crippen molar-refractivity contribution in [3.8, 4) is 28.0 Å². The van der Waals surface area contributed by atoms with Crippen LogP contribution in [-0.2, 0) is 6.61 Å². The van der Waals surface area contributed by atoms with Gasteiger partial charge in [-0.25, -0.2) is 0 Å². The van der Waals surface area contributed by atoms with Crippen LogP contribution in [0.1, 0.15) is 95.5 Å². The fourth-order valence-corrected chi connectivity index (χ4v) is 21.7. The van der Waals surface area contributed by atoms with E-state index in [0.717, 1.165) is 166 Å². The van der Waals surface area contributed by atoms with E-state index < -0.39 is 0 Å². The standard InChI is InChI=1S/C52H33NO2.C47H31NO3.C40H27NO2/c54-51-46(52(55)50-48(37-17-6-2-7-18-37)45-23-13-12-22-44(45)47(49(50)51)36-15-4-1-5-16-36)31-34-24-25-40-33-43(29-27-39(40)30-34)53(41-20-8-3-9-21-41)42-28-26-35-14-10-11-19-38(35)32-42;49-46-42-27-35-15-9-10-16-36(35)28-43(42)47(50)44(46)24-32-23-37-20-22-40(29-41(37)45(25-32)51-30-31-11-3-1-4-12-31)48(38-17-5-2-6-18-38)39-21-19-33-13-7-8-14-34(33)26-39;1-24-7-15-31(16-8-24)41(32-17-9-25(2)10-18-32)33-22-29-13-11-27-19-26(20-28-12-14-30(23-33)38(29)37(27)28)21-36-39(42)34-5-3-4-6-35(34)40(36)43/h1-33H;1-29H,30H2;3-23H,1-2H3. The average Bonchev–Trinajstić information content (AvgIpc) is 1.55. The largest absolute Gasteiger partial charge is 0.488 e. The third-order valence-corrected chi connectivity index (χ3v) is 28.9. The highest BCUT2D eigenvalue weighted by Gasteiger charge is 2.41. The van der Waals surface area contributed by atoms with Gasteiger partial charge in [-0.3, -0.25) is 28.8 Å². The first-order chi connectivity index (χ1) is 73.1. The number of nitrogens with zero attached hydrogens (tertiary/aromatic N) is 3. The van der Waals surface area contributed by atoms with Crippen molar-refractivity contribution in [2.24, 2.45) is 0 Å². The molecule has 3 aliphatic rings. The Hall–Kier alpha value is -19.7. The summed E-state index contributed by atoms with van der Waals surface area (Å²) in [6, 6.07) is 165. The molecule has 24 aromatic carbocycles. The lowest BCUT2D eigenvalue weighted by molar-refractivity contribution is 0.0975. The first kappa shape index (κ1) is 90.6. The molecule has 0 aromatic heterocycles. The van der Waals surface area contributed by atoms with Crippen LogP contribution in [0.4, 0.5) is 51.2 Å². The van der Waals surface area contributed by atoms with Gasteiger partial charge in [0.15, 0.2) is 34.7 Å². The maximum Gasteiger partial charge on any atom is 0.198 e. The Balaban J connectivity index is 0.000000117. The van der Waals surface area contributed by atoms with Gasteiger partial charge in [-0.1, -0.05) is 345 Å². The molecule has 0 fully saturated rings. The van der Waals surface area contributed by atoms with Gasteiger partial charge in [-0.15, -0.1) is 0 Å². The van der Waals surface area contributed by atoms with E-state index in [1.807, 2.05) is 182 Å². The molecule has 0 saturated heterocycles. The number of hydrogen-bond acceptors (Lipinski definition) is 10. The normalized spacial score (nSPS) is 12.6. The van der Waals surface area contributed by atoms with Crippen LogP contribution in [0.25, 0.3) is 137 Å². The van der Waals surface area contributed by atoms with Crippen molar-refractivity contribution in [3.05, 3.63) is 569 Å². The van der Waals surface area contributed by atoms with Gasteiger partial charge in [-0.2, -0.15) is 0 Å². The van der Waals surface area contributed by atoms with Crippen LogP contribution in [0, 0.1) is 13.8 Å². The summed E-state index contributed by atoms with van der Waals surface area (Å²) in [5.74, 6) is -0.738. The summed E-state index contributed by atoms with van der Waals surface area (Å²) < 4.78 is 6.56. The molecule has 149 heavy (non-hydrogen) atoms. The summed E-state index contributed by atoms with van der Waals surface area (Å²) in [7, 11) is 0. The fourth-order valence-electron chi connectivity index (χ4n) is 21.7. The maximum absolute atomic E-state index is 14.7. The van der Waals surface area contributed by atoms with Gasteiger partial charge in [0.05, 0.1) is 16.7 Å². The molecule has 0 amide bonds. The number of carbonyl (C=O) groups excluding carboxylic acids is 6. The molecule has 10 nitrogen and oxygen atoms in total. The Morgan fingerprint density at radius 3 is 0.960 bits per heavy atom. The first-order valence-corrected chi connectivity index (χ1v) is 50.0. The van der Waals surface area contributed by atoms with Gasteiger partial charge in [0.25, 0.3) is 0 Å². The first-order valence-electron chi connectivity index (χ1n) is 50.0. The number of allylic oxidation sites excluding steroid dienone is 3.